The van der Waals surface area contributed by atoms with Crippen molar-refractivity contribution in [2.45, 2.75) is 96.8 Å². The summed E-state index contributed by atoms with van der Waals surface area (Å²) in [5.41, 5.74) is 22.5. The van der Waals surface area contributed by atoms with Crippen molar-refractivity contribution in [3.8, 4) is 27.9 Å². The second-order valence-corrected chi connectivity index (χ2v) is 24.2. The highest BCUT2D eigenvalue weighted by Crippen LogP contribution is 2.56. The topological polar surface area (TPSA) is 30.1 Å². The molecule has 1 radical (unpaired) electrons. The maximum absolute atomic E-state index is 6.86. The Morgan fingerprint density at radius 2 is 1.26 bits per heavy atom. The van der Waals surface area contributed by atoms with Crippen LogP contribution in [0.3, 0.4) is 0 Å². The zero-order valence-corrected chi connectivity index (χ0v) is 41.3. The lowest BCUT2D eigenvalue weighted by Gasteiger charge is -2.42. The van der Waals surface area contributed by atoms with Gasteiger partial charge < -0.3 is 14.3 Å². The molecule has 14 rings (SSSR count). The molecular weight excluding hydrogens is 844 g/mol. The van der Waals surface area contributed by atoms with Gasteiger partial charge in [0.1, 0.15) is 11.2 Å². The number of nitrogens with one attached hydrogen (secondary N) is 1. The van der Waals surface area contributed by atoms with E-state index in [0.29, 0.717) is 0 Å². The van der Waals surface area contributed by atoms with Gasteiger partial charge in [-0.3, -0.25) is 0 Å². The van der Waals surface area contributed by atoms with Crippen LogP contribution in [0, 0.1) is 0 Å². The monoisotopic (exact) mass is 897 g/mol. The minimum absolute atomic E-state index is 0.0616. The second-order valence-electron chi connectivity index (χ2n) is 23.1. The molecule has 0 unspecified atom stereocenters. The molecule has 1 N–H and O–H groups in total. The lowest BCUT2D eigenvalue weighted by molar-refractivity contribution is 0.331. The van der Waals surface area contributed by atoms with Gasteiger partial charge >= 0.3 is 0 Å². The summed E-state index contributed by atoms with van der Waals surface area (Å²) in [5, 5.41) is 11.3. The maximum atomic E-state index is 6.86. The van der Waals surface area contributed by atoms with Crippen molar-refractivity contribution in [1.29, 1.82) is 0 Å². The van der Waals surface area contributed by atoms with Gasteiger partial charge in [-0.15, -0.1) is 11.3 Å². The van der Waals surface area contributed by atoms with Crippen molar-refractivity contribution in [2.75, 3.05) is 5.32 Å². The van der Waals surface area contributed by atoms with E-state index in [1.807, 2.05) is 11.3 Å². The van der Waals surface area contributed by atoms with Crippen LogP contribution in [0.25, 0.3) is 91.9 Å². The molecule has 0 saturated heterocycles. The molecule has 5 heteroatoms. The Kier molecular flexibility index (Phi) is 7.96. The number of para-hydroxylation sites is 1. The second kappa shape index (κ2) is 13.4. The molecule has 3 aromatic heterocycles. The molecule has 0 spiro atoms. The van der Waals surface area contributed by atoms with E-state index < -0.39 is 0 Å². The van der Waals surface area contributed by atoms with Crippen LogP contribution in [-0.4, -0.2) is 11.8 Å². The smallest absolute Gasteiger partial charge is 0.197 e. The number of furan rings is 1. The number of aromatic nitrogens is 1. The minimum atomic E-state index is -0.203. The maximum Gasteiger partial charge on any atom is 0.197 e. The van der Waals surface area contributed by atoms with Gasteiger partial charge in [-0.05, 0) is 146 Å². The van der Waals surface area contributed by atoms with E-state index in [0.717, 1.165) is 44.2 Å². The molecule has 0 atom stereocenters. The predicted molar refractivity (Wildman–Crippen MR) is 293 cm³/mol. The molecule has 68 heavy (non-hydrogen) atoms. The third-order valence-corrected chi connectivity index (χ3v) is 17.8. The molecule has 0 saturated carbocycles. The first-order valence-corrected chi connectivity index (χ1v) is 25.3. The van der Waals surface area contributed by atoms with Gasteiger partial charge in [0.15, 0.2) is 7.28 Å². The van der Waals surface area contributed by atoms with Crippen molar-refractivity contribution >= 4 is 105 Å². The molecule has 331 valence electrons. The number of anilines is 2. The minimum Gasteiger partial charge on any atom is -0.455 e. The number of nitrogens with zero attached hydrogens (tertiary/aromatic N) is 1. The quantitative estimate of drug-likeness (QED) is 0.179. The van der Waals surface area contributed by atoms with Crippen molar-refractivity contribution < 1.29 is 4.42 Å². The summed E-state index contributed by atoms with van der Waals surface area (Å²) in [6.45, 7) is 21.6. The van der Waals surface area contributed by atoms with Crippen LogP contribution in [0.1, 0.15) is 103 Å². The number of hydrogen-bond donors (Lipinski definition) is 1. The van der Waals surface area contributed by atoms with Crippen LogP contribution in [0.5, 0.6) is 0 Å². The summed E-state index contributed by atoms with van der Waals surface area (Å²) >= 11 is 1.89. The molecular formula is C63H54BN2OS. The number of fused-ring (bicyclic) bond motifs is 16. The average molecular weight is 898 g/mol. The number of thiophene rings is 1. The number of rotatable bonds is 3. The lowest BCUT2D eigenvalue weighted by atomic mass is 9.59. The Hall–Kier alpha value is -6.56. The largest absolute Gasteiger partial charge is 0.455 e. The van der Waals surface area contributed by atoms with Gasteiger partial charge in [0.2, 0.25) is 0 Å². The molecule has 2 aliphatic carbocycles. The predicted octanol–water partition coefficient (Wildman–Crippen LogP) is 16.4. The summed E-state index contributed by atoms with van der Waals surface area (Å²) < 4.78 is 12.0. The Morgan fingerprint density at radius 3 is 2.04 bits per heavy atom. The third kappa shape index (κ3) is 5.48. The van der Waals surface area contributed by atoms with E-state index >= 15 is 0 Å². The number of hydrogen-bond acceptors (Lipinski definition) is 3. The Labute approximate surface area is 403 Å². The standard InChI is InChI=1S/C63H54BN2OS/c1-60(2,3)34-18-20-35(21-19-34)65-50-30-42-41-28-47-48(62(6,7)27-26-61(47,4)5)32-46(41)63(8,9)45(42)29-43(50)38-22-23-40-56-51(25-24-39-36-14-10-12-16-53(36)67-59(39)56)66-52-31-44-37-15-11-13-17-54(37)68-55(44)33-49(52)64-57(38)58(40)66/h10-25,28-33,65H,26-27H2,1-9H3. The first-order chi connectivity index (χ1) is 32.5. The van der Waals surface area contributed by atoms with Crippen molar-refractivity contribution in [3.63, 3.8) is 0 Å². The van der Waals surface area contributed by atoms with Crippen molar-refractivity contribution in [2.24, 2.45) is 0 Å². The van der Waals surface area contributed by atoms with Gasteiger partial charge in [0.25, 0.3) is 0 Å². The Morgan fingerprint density at radius 1 is 0.588 bits per heavy atom. The Bertz CT molecular complexity index is 4030. The van der Waals surface area contributed by atoms with Crippen LogP contribution in [-0.2, 0) is 21.7 Å². The van der Waals surface area contributed by atoms with Crippen LogP contribution < -0.4 is 16.2 Å². The van der Waals surface area contributed by atoms with Gasteiger partial charge in [-0.2, -0.15) is 0 Å². The molecule has 0 amide bonds. The van der Waals surface area contributed by atoms with E-state index in [4.69, 9.17) is 4.42 Å². The fraction of sp³-hybridized carbons (Fsp3) is 0.238. The summed E-state index contributed by atoms with van der Waals surface area (Å²) in [7, 11) is 2.48. The van der Waals surface area contributed by atoms with Crippen LogP contribution >= 0.6 is 11.3 Å². The highest BCUT2D eigenvalue weighted by molar-refractivity contribution is 7.26. The van der Waals surface area contributed by atoms with Crippen molar-refractivity contribution in [1.82, 2.24) is 4.57 Å². The van der Waals surface area contributed by atoms with Gasteiger partial charge in [0.05, 0.1) is 10.9 Å². The summed E-state index contributed by atoms with van der Waals surface area (Å²) in [4.78, 5) is 0. The zero-order valence-electron chi connectivity index (χ0n) is 40.5. The average Bonchev–Trinajstić information content (AvgIpc) is 4.04. The van der Waals surface area contributed by atoms with E-state index in [9.17, 15) is 0 Å². The van der Waals surface area contributed by atoms with Crippen LogP contribution in [0.2, 0.25) is 0 Å². The first-order valence-electron chi connectivity index (χ1n) is 24.5. The normalized spacial score (nSPS) is 16.4. The SMILES string of the molecule is CC(C)(C)c1ccc(Nc2cc3c(cc2-c2ccc4c5c6oc7ccccc7c6ccc5n5c4c2[B]c2cc4sc6ccccc6c4cc2-5)C(C)(C)c2cc4c(cc2-3)C(C)(C)CCC4(C)C)cc1. The van der Waals surface area contributed by atoms with Crippen LogP contribution in [0.15, 0.2) is 138 Å². The first kappa shape index (κ1) is 40.5. The van der Waals surface area contributed by atoms with Gasteiger partial charge in [0, 0.05) is 69.9 Å². The van der Waals surface area contributed by atoms with Gasteiger partial charge in [-0.25, -0.2) is 0 Å². The summed E-state index contributed by atoms with van der Waals surface area (Å²) in [6.07, 6.45) is 2.39. The fourth-order valence-corrected chi connectivity index (χ4v) is 13.8. The van der Waals surface area contributed by atoms with Crippen LogP contribution in [0.4, 0.5) is 11.4 Å². The third-order valence-electron chi connectivity index (χ3n) is 16.6. The Balaban J connectivity index is 1.06. The molecule has 4 heterocycles. The molecule has 11 aromatic rings. The zero-order chi connectivity index (χ0) is 46.4. The van der Waals surface area contributed by atoms with E-state index in [1.54, 1.807) is 0 Å². The molecule has 0 bridgehead atoms. The summed E-state index contributed by atoms with van der Waals surface area (Å²) in [5.74, 6) is 0. The summed E-state index contributed by atoms with van der Waals surface area (Å²) in [6, 6.07) is 50.9. The van der Waals surface area contributed by atoms with Gasteiger partial charge in [-0.1, -0.05) is 135 Å². The molecule has 3 nitrogen and oxygen atoms in total. The lowest BCUT2D eigenvalue weighted by Crippen LogP contribution is -2.37. The molecule has 3 aliphatic rings. The molecule has 1 aliphatic heterocycles. The highest BCUT2D eigenvalue weighted by Gasteiger charge is 2.43. The highest BCUT2D eigenvalue weighted by atomic mass is 32.1. The van der Waals surface area contributed by atoms with Crippen molar-refractivity contribution in [3.05, 3.63) is 161 Å². The number of benzene rings is 8. The molecule has 8 aromatic carbocycles. The molecule has 0 fully saturated rings. The van der Waals surface area contributed by atoms with E-state index in [-0.39, 0.29) is 21.7 Å². The fourth-order valence-electron chi connectivity index (χ4n) is 12.6. The van der Waals surface area contributed by atoms with E-state index in [1.165, 1.54) is 111 Å². The van der Waals surface area contributed by atoms with E-state index in [2.05, 4.69) is 213 Å².